The molecule has 2 aromatic rings. The van der Waals surface area contributed by atoms with E-state index < -0.39 is 6.10 Å². The van der Waals surface area contributed by atoms with Crippen LogP contribution in [-0.4, -0.2) is 18.6 Å². The van der Waals surface area contributed by atoms with Gasteiger partial charge in [-0.2, -0.15) is 5.26 Å². The van der Waals surface area contributed by atoms with Gasteiger partial charge in [-0.25, -0.2) is 0 Å². The summed E-state index contributed by atoms with van der Waals surface area (Å²) in [5.41, 5.74) is 2.31. The number of amides is 1. The molecule has 0 saturated carbocycles. The maximum atomic E-state index is 12.3. The normalized spacial score (nSPS) is 11.2. The molecule has 0 saturated heterocycles. The van der Waals surface area contributed by atoms with E-state index in [0.717, 1.165) is 5.56 Å². The van der Waals surface area contributed by atoms with Crippen LogP contribution >= 0.6 is 0 Å². The van der Waals surface area contributed by atoms with Crippen molar-refractivity contribution < 1.29 is 14.3 Å². The summed E-state index contributed by atoms with van der Waals surface area (Å²) >= 11 is 0. The van der Waals surface area contributed by atoms with Gasteiger partial charge in [0.25, 0.3) is 5.91 Å². The first-order valence-electron chi connectivity index (χ1n) is 7.74. The average Bonchev–Trinajstić information content (AvgIpc) is 2.58. The molecule has 5 heteroatoms. The van der Waals surface area contributed by atoms with Crippen LogP contribution in [0, 0.1) is 18.3 Å². The van der Waals surface area contributed by atoms with Crippen molar-refractivity contribution in [2.24, 2.45) is 0 Å². The summed E-state index contributed by atoms with van der Waals surface area (Å²) in [6.07, 6.45) is -0.710. The van der Waals surface area contributed by atoms with E-state index in [1.807, 2.05) is 38.1 Å². The van der Waals surface area contributed by atoms with Crippen LogP contribution in [0.3, 0.4) is 0 Å². The van der Waals surface area contributed by atoms with Gasteiger partial charge < -0.3 is 14.8 Å². The van der Waals surface area contributed by atoms with E-state index >= 15 is 0 Å². The van der Waals surface area contributed by atoms with E-state index in [4.69, 9.17) is 14.7 Å². The number of hydrogen-bond acceptors (Lipinski definition) is 4. The highest BCUT2D eigenvalue weighted by Crippen LogP contribution is 2.29. The monoisotopic (exact) mass is 324 g/mol. The third kappa shape index (κ3) is 4.50. The second kappa shape index (κ2) is 8.02. The van der Waals surface area contributed by atoms with Crippen LogP contribution in [0.2, 0.25) is 0 Å². The lowest BCUT2D eigenvalue weighted by atomic mass is 10.2. The highest BCUT2D eigenvalue weighted by atomic mass is 16.5. The molecule has 0 fully saturated rings. The number of carbonyl (C=O) groups is 1. The van der Waals surface area contributed by atoms with Crippen molar-refractivity contribution in [1.29, 1.82) is 5.26 Å². The summed E-state index contributed by atoms with van der Waals surface area (Å²) in [6.45, 7) is 5.93. The molecule has 0 aliphatic rings. The van der Waals surface area contributed by atoms with Crippen LogP contribution < -0.4 is 14.8 Å². The van der Waals surface area contributed by atoms with Crippen molar-refractivity contribution in [3.63, 3.8) is 0 Å². The van der Waals surface area contributed by atoms with Gasteiger partial charge in [-0.05, 0) is 45.0 Å². The van der Waals surface area contributed by atoms with E-state index in [2.05, 4.69) is 11.4 Å². The number of hydrogen-bond donors (Lipinski definition) is 1. The number of ether oxygens (including phenoxy) is 2. The van der Waals surface area contributed by atoms with Crippen molar-refractivity contribution in [3.05, 3.63) is 53.6 Å². The fourth-order valence-corrected chi connectivity index (χ4v) is 2.07. The molecule has 1 N–H and O–H groups in total. The van der Waals surface area contributed by atoms with Gasteiger partial charge in [-0.3, -0.25) is 4.79 Å². The van der Waals surface area contributed by atoms with E-state index in [1.54, 1.807) is 25.1 Å². The Morgan fingerprint density at radius 1 is 1.21 bits per heavy atom. The summed E-state index contributed by atoms with van der Waals surface area (Å²) in [5.74, 6) is 0.625. The lowest BCUT2D eigenvalue weighted by Crippen LogP contribution is -2.30. The third-order valence-electron chi connectivity index (χ3n) is 3.36. The first-order valence-corrected chi connectivity index (χ1v) is 7.74. The molecule has 0 bridgehead atoms. The number of benzene rings is 2. The van der Waals surface area contributed by atoms with Crippen molar-refractivity contribution in [2.45, 2.75) is 26.9 Å². The number of carbonyl (C=O) groups excluding carboxylic acids is 1. The first kappa shape index (κ1) is 17.4. The predicted molar refractivity (Wildman–Crippen MR) is 92.2 cm³/mol. The minimum atomic E-state index is -0.710. The minimum absolute atomic E-state index is 0.259. The summed E-state index contributed by atoms with van der Waals surface area (Å²) in [6, 6.07) is 14.4. The Hall–Kier alpha value is -3.00. The number of anilines is 1. The van der Waals surface area contributed by atoms with Crippen LogP contribution in [0.15, 0.2) is 42.5 Å². The molecule has 0 heterocycles. The molecule has 124 valence electrons. The Labute approximate surface area is 141 Å². The van der Waals surface area contributed by atoms with Gasteiger partial charge in [-0.1, -0.05) is 17.7 Å². The number of nitrogens with zero attached hydrogens (tertiary/aromatic N) is 1. The fraction of sp³-hybridized carbons (Fsp3) is 0.263. The van der Waals surface area contributed by atoms with Crippen LogP contribution in [0.5, 0.6) is 11.5 Å². The molecule has 0 aliphatic heterocycles. The van der Waals surface area contributed by atoms with Crippen LogP contribution in [-0.2, 0) is 4.79 Å². The van der Waals surface area contributed by atoms with Gasteiger partial charge in [0.2, 0.25) is 0 Å². The molecule has 5 nitrogen and oxygen atoms in total. The van der Waals surface area contributed by atoms with E-state index in [0.29, 0.717) is 29.4 Å². The summed E-state index contributed by atoms with van der Waals surface area (Å²) in [4.78, 5) is 12.3. The average molecular weight is 324 g/mol. The van der Waals surface area contributed by atoms with Crippen molar-refractivity contribution in [2.75, 3.05) is 11.9 Å². The second-order valence-corrected chi connectivity index (χ2v) is 5.32. The predicted octanol–water partition coefficient (Wildman–Crippen LogP) is 3.67. The standard InChI is InChI=1S/C19H20N2O3/c1-4-23-18-11-15(12-20)7-10-17(18)24-14(3)19(22)21-16-8-5-13(2)6-9-16/h5-11,14H,4H2,1-3H3,(H,21,22)/t14-/m1/s1. The van der Waals surface area contributed by atoms with Crippen molar-refractivity contribution in [3.8, 4) is 17.6 Å². The molecule has 1 atom stereocenters. The smallest absolute Gasteiger partial charge is 0.265 e. The Morgan fingerprint density at radius 2 is 1.92 bits per heavy atom. The van der Waals surface area contributed by atoms with Gasteiger partial charge in [0.15, 0.2) is 17.6 Å². The molecule has 2 rings (SSSR count). The SMILES string of the molecule is CCOc1cc(C#N)ccc1O[C@H](C)C(=O)Nc1ccc(C)cc1. The quantitative estimate of drug-likeness (QED) is 0.880. The first-order chi connectivity index (χ1) is 11.5. The zero-order valence-electron chi connectivity index (χ0n) is 14.0. The maximum Gasteiger partial charge on any atom is 0.265 e. The molecule has 0 radical (unpaired) electrons. The van der Waals surface area contributed by atoms with Gasteiger partial charge in [0.1, 0.15) is 0 Å². The number of aryl methyl sites for hydroxylation is 1. The fourth-order valence-electron chi connectivity index (χ4n) is 2.07. The second-order valence-electron chi connectivity index (χ2n) is 5.32. The zero-order chi connectivity index (χ0) is 17.5. The summed E-state index contributed by atoms with van der Waals surface area (Å²) in [7, 11) is 0. The molecular formula is C19H20N2O3. The molecule has 0 spiro atoms. The van der Waals surface area contributed by atoms with Crippen molar-refractivity contribution >= 4 is 11.6 Å². The Kier molecular flexibility index (Phi) is 5.80. The Balaban J connectivity index is 2.08. The van der Waals surface area contributed by atoms with Crippen LogP contribution in [0.25, 0.3) is 0 Å². The van der Waals surface area contributed by atoms with E-state index in [1.165, 1.54) is 0 Å². The number of nitrogens with one attached hydrogen (secondary N) is 1. The highest BCUT2D eigenvalue weighted by Gasteiger charge is 2.17. The maximum absolute atomic E-state index is 12.3. The molecular weight excluding hydrogens is 304 g/mol. The molecule has 0 aromatic heterocycles. The number of rotatable bonds is 6. The molecule has 2 aromatic carbocycles. The molecule has 0 aliphatic carbocycles. The lowest BCUT2D eigenvalue weighted by Gasteiger charge is -2.17. The van der Waals surface area contributed by atoms with Gasteiger partial charge >= 0.3 is 0 Å². The molecule has 0 unspecified atom stereocenters. The summed E-state index contributed by atoms with van der Waals surface area (Å²) in [5, 5.41) is 11.8. The van der Waals surface area contributed by atoms with Crippen LogP contribution in [0.4, 0.5) is 5.69 Å². The Bertz CT molecular complexity index is 748. The zero-order valence-corrected chi connectivity index (χ0v) is 14.0. The summed E-state index contributed by atoms with van der Waals surface area (Å²) < 4.78 is 11.2. The van der Waals surface area contributed by atoms with Crippen LogP contribution in [0.1, 0.15) is 25.0 Å². The Morgan fingerprint density at radius 3 is 2.54 bits per heavy atom. The lowest BCUT2D eigenvalue weighted by molar-refractivity contribution is -0.122. The highest BCUT2D eigenvalue weighted by molar-refractivity contribution is 5.94. The number of nitriles is 1. The third-order valence-corrected chi connectivity index (χ3v) is 3.36. The van der Waals surface area contributed by atoms with Crippen molar-refractivity contribution in [1.82, 2.24) is 0 Å². The van der Waals surface area contributed by atoms with E-state index in [9.17, 15) is 4.79 Å². The largest absolute Gasteiger partial charge is 0.490 e. The van der Waals surface area contributed by atoms with Gasteiger partial charge in [-0.15, -0.1) is 0 Å². The van der Waals surface area contributed by atoms with E-state index in [-0.39, 0.29) is 5.91 Å². The minimum Gasteiger partial charge on any atom is -0.490 e. The topological polar surface area (TPSA) is 71.3 Å². The van der Waals surface area contributed by atoms with Gasteiger partial charge in [0.05, 0.1) is 18.2 Å². The van der Waals surface area contributed by atoms with Gasteiger partial charge in [0, 0.05) is 11.8 Å². The molecule has 1 amide bonds. The molecule has 24 heavy (non-hydrogen) atoms.